The molecule has 1 aromatic heterocycles. The van der Waals surface area contributed by atoms with Gasteiger partial charge in [-0.3, -0.25) is 19.0 Å². The molecule has 3 aromatic rings. The molecule has 0 fully saturated rings. The van der Waals surface area contributed by atoms with E-state index in [0.29, 0.717) is 27.1 Å². The quantitative estimate of drug-likeness (QED) is 0.719. The zero-order valence-corrected chi connectivity index (χ0v) is 13.5. The van der Waals surface area contributed by atoms with Gasteiger partial charge in [0.2, 0.25) is 0 Å². The van der Waals surface area contributed by atoms with Crippen molar-refractivity contribution in [2.75, 3.05) is 7.11 Å². The number of benzene rings is 2. The topological polar surface area (TPSA) is 85.6 Å². The summed E-state index contributed by atoms with van der Waals surface area (Å²) in [5.41, 5.74) is 1.46. The number of carboxylic acids is 1. The Morgan fingerprint density at radius 2 is 1.79 bits per heavy atom. The number of carbonyl (C=O) groups excluding carboxylic acids is 1. The first-order valence-electron chi connectivity index (χ1n) is 7.03. The van der Waals surface area contributed by atoms with Gasteiger partial charge in [-0.25, -0.2) is 0 Å². The molecule has 2 aromatic carbocycles. The third-order valence-electron chi connectivity index (χ3n) is 3.58. The lowest BCUT2D eigenvalue weighted by Gasteiger charge is -2.04. The summed E-state index contributed by atoms with van der Waals surface area (Å²) in [6, 6.07) is 11.6. The molecular formula is C17H13NO5S. The van der Waals surface area contributed by atoms with Crippen LogP contribution in [-0.2, 0) is 11.3 Å². The van der Waals surface area contributed by atoms with E-state index < -0.39 is 12.5 Å². The van der Waals surface area contributed by atoms with Crippen molar-refractivity contribution in [2.24, 2.45) is 0 Å². The normalized spacial score (nSPS) is 10.7. The molecule has 0 saturated heterocycles. The number of nitrogens with zero attached hydrogens (tertiary/aromatic N) is 1. The molecule has 0 aliphatic rings. The predicted molar refractivity (Wildman–Crippen MR) is 90.1 cm³/mol. The van der Waals surface area contributed by atoms with E-state index in [1.165, 1.54) is 4.57 Å². The van der Waals surface area contributed by atoms with Gasteiger partial charge < -0.3 is 9.84 Å². The zero-order valence-electron chi connectivity index (χ0n) is 12.7. The first-order chi connectivity index (χ1) is 11.5. The van der Waals surface area contributed by atoms with Crippen molar-refractivity contribution in [1.82, 2.24) is 4.57 Å². The molecule has 1 N–H and O–H groups in total. The van der Waals surface area contributed by atoms with Crippen LogP contribution in [-0.4, -0.2) is 28.5 Å². The van der Waals surface area contributed by atoms with Crippen LogP contribution in [0, 0.1) is 0 Å². The average molecular weight is 343 g/mol. The number of carboxylic acid groups (broad SMARTS) is 1. The van der Waals surface area contributed by atoms with Crippen LogP contribution in [0.2, 0.25) is 0 Å². The molecule has 0 saturated carbocycles. The number of ketones is 1. The lowest BCUT2D eigenvalue weighted by molar-refractivity contribution is -0.137. The van der Waals surface area contributed by atoms with Crippen molar-refractivity contribution in [3.8, 4) is 5.75 Å². The first-order valence-corrected chi connectivity index (χ1v) is 7.85. The molecule has 0 aliphatic heterocycles. The van der Waals surface area contributed by atoms with Crippen LogP contribution in [0.5, 0.6) is 5.75 Å². The summed E-state index contributed by atoms with van der Waals surface area (Å²) >= 11 is 0.925. The van der Waals surface area contributed by atoms with Gasteiger partial charge in [-0.15, -0.1) is 0 Å². The van der Waals surface area contributed by atoms with E-state index in [0.717, 1.165) is 11.3 Å². The van der Waals surface area contributed by atoms with Gasteiger partial charge in [0.15, 0.2) is 5.78 Å². The molecule has 122 valence electrons. The monoisotopic (exact) mass is 343 g/mol. The van der Waals surface area contributed by atoms with Gasteiger partial charge >= 0.3 is 10.8 Å². The van der Waals surface area contributed by atoms with Gasteiger partial charge in [0, 0.05) is 11.1 Å². The Kier molecular flexibility index (Phi) is 4.18. The van der Waals surface area contributed by atoms with E-state index in [1.807, 2.05) is 0 Å². The Hall–Kier alpha value is -2.93. The highest BCUT2D eigenvalue weighted by molar-refractivity contribution is 7.16. The molecule has 7 heteroatoms. The molecule has 0 amide bonds. The number of hydrogen-bond donors (Lipinski definition) is 1. The summed E-state index contributed by atoms with van der Waals surface area (Å²) in [4.78, 5) is 35.0. The van der Waals surface area contributed by atoms with E-state index >= 15 is 0 Å². The summed E-state index contributed by atoms with van der Waals surface area (Å²) in [6.07, 6.45) is 0. The molecule has 0 bridgehead atoms. The van der Waals surface area contributed by atoms with E-state index in [9.17, 15) is 14.4 Å². The number of thiazole rings is 1. The molecule has 0 aliphatic carbocycles. The van der Waals surface area contributed by atoms with E-state index in [2.05, 4.69) is 0 Å². The minimum Gasteiger partial charge on any atom is -0.497 e. The largest absolute Gasteiger partial charge is 0.497 e. The van der Waals surface area contributed by atoms with Gasteiger partial charge in [0.25, 0.3) is 0 Å². The minimum atomic E-state index is -1.09. The third-order valence-corrected chi connectivity index (χ3v) is 4.52. The lowest BCUT2D eigenvalue weighted by atomic mass is 10.0. The summed E-state index contributed by atoms with van der Waals surface area (Å²) < 4.78 is 6.83. The summed E-state index contributed by atoms with van der Waals surface area (Å²) in [7, 11) is 1.55. The second kappa shape index (κ2) is 6.29. The van der Waals surface area contributed by atoms with E-state index in [1.54, 1.807) is 49.6 Å². The Morgan fingerprint density at radius 1 is 1.12 bits per heavy atom. The number of rotatable bonds is 5. The number of hydrogen-bond acceptors (Lipinski definition) is 5. The highest BCUT2D eigenvalue weighted by Crippen LogP contribution is 2.22. The SMILES string of the molecule is COc1ccc(C(=O)c2ccc3c(c2)sc(=O)n3CC(=O)O)cc1. The standard InChI is InChI=1S/C17H13NO5S/c1-23-12-5-2-10(3-6-12)16(21)11-4-7-13-14(8-11)24-17(22)18(13)9-15(19)20/h2-8H,9H2,1H3,(H,19,20). The lowest BCUT2D eigenvalue weighted by Crippen LogP contribution is -2.18. The van der Waals surface area contributed by atoms with Crippen molar-refractivity contribution in [3.05, 3.63) is 63.3 Å². The Balaban J connectivity index is 1.99. The summed E-state index contributed by atoms with van der Waals surface area (Å²) in [5, 5.41) is 8.88. The van der Waals surface area contributed by atoms with Crippen LogP contribution in [0.1, 0.15) is 15.9 Å². The van der Waals surface area contributed by atoms with Crippen LogP contribution in [0.4, 0.5) is 0 Å². The molecular weight excluding hydrogens is 330 g/mol. The van der Waals surface area contributed by atoms with Crippen LogP contribution >= 0.6 is 11.3 Å². The molecule has 0 spiro atoms. The number of aliphatic carboxylic acids is 1. The fourth-order valence-electron chi connectivity index (χ4n) is 2.40. The van der Waals surface area contributed by atoms with Gasteiger partial charge in [-0.2, -0.15) is 0 Å². The number of fused-ring (bicyclic) bond motifs is 1. The van der Waals surface area contributed by atoms with Crippen molar-refractivity contribution < 1.29 is 19.4 Å². The van der Waals surface area contributed by atoms with Crippen LogP contribution in [0.3, 0.4) is 0 Å². The number of ether oxygens (including phenoxy) is 1. The van der Waals surface area contributed by atoms with Crippen molar-refractivity contribution >= 4 is 33.3 Å². The molecule has 1 heterocycles. The van der Waals surface area contributed by atoms with E-state index in [-0.39, 0.29) is 10.7 Å². The van der Waals surface area contributed by atoms with Crippen LogP contribution < -0.4 is 9.61 Å². The van der Waals surface area contributed by atoms with Crippen LogP contribution in [0.25, 0.3) is 10.2 Å². The molecule has 3 rings (SSSR count). The molecule has 0 unspecified atom stereocenters. The van der Waals surface area contributed by atoms with Gasteiger partial charge in [0.1, 0.15) is 12.3 Å². The molecule has 6 nitrogen and oxygen atoms in total. The van der Waals surface area contributed by atoms with Crippen molar-refractivity contribution in [1.29, 1.82) is 0 Å². The maximum Gasteiger partial charge on any atom is 0.323 e. The molecule has 24 heavy (non-hydrogen) atoms. The highest BCUT2D eigenvalue weighted by atomic mass is 32.1. The maximum atomic E-state index is 12.5. The Morgan fingerprint density at radius 3 is 2.42 bits per heavy atom. The van der Waals surface area contributed by atoms with Gasteiger partial charge in [-0.05, 0) is 42.5 Å². The maximum absolute atomic E-state index is 12.5. The van der Waals surface area contributed by atoms with Crippen LogP contribution in [0.15, 0.2) is 47.3 Å². The van der Waals surface area contributed by atoms with Crippen molar-refractivity contribution in [2.45, 2.75) is 6.54 Å². The average Bonchev–Trinajstić information content (AvgIpc) is 2.88. The predicted octanol–water partition coefficient (Wildman–Crippen LogP) is 2.39. The summed E-state index contributed by atoms with van der Waals surface area (Å²) in [6.45, 7) is -0.398. The number of aromatic nitrogens is 1. The Labute approximate surface area is 140 Å². The summed E-state index contributed by atoms with van der Waals surface area (Å²) in [5.74, 6) is -0.605. The Bertz CT molecular complexity index is 984. The van der Waals surface area contributed by atoms with Crippen molar-refractivity contribution in [3.63, 3.8) is 0 Å². The number of carbonyl (C=O) groups is 2. The second-order valence-electron chi connectivity index (χ2n) is 5.09. The molecule has 0 radical (unpaired) electrons. The number of methoxy groups -OCH3 is 1. The fraction of sp³-hybridized carbons (Fsp3) is 0.118. The second-order valence-corrected chi connectivity index (χ2v) is 6.08. The fourth-order valence-corrected chi connectivity index (χ4v) is 3.33. The first kappa shape index (κ1) is 15.9. The third kappa shape index (κ3) is 2.93. The highest BCUT2D eigenvalue weighted by Gasteiger charge is 2.14. The minimum absolute atomic E-state index is 0.176. The van der Waals surface area contributed by atoms with Gasteiger partial charge in [-0.1, -0.05) is 11.3 Å². The van der Waals surface area contributed by atoms with Gasteiger partial charge in [0.05, 0.1) is 17.3 Å². The zero-order chi connectivity index (χ0) is 17.3. The van der Waals surface area contributed by atoms with E-state index in [4.69, 9.17) is 9.84 Å². The molecule has 0 atom stereocenters. The smallest absolute Gasteiger partial charge is 0.323 e.